The van der Waals surface area contributed by atoms with Crippen molar-refractivity contribution in [2.45, 2.75) is 71.1 Å². The maximum absolute atomic E-state index is 14.1. The van der Waals surface area contributed by atoms with Crippen LogP contribution in [0.15, 0.2) is 34.3 Å². The van der Waals surface area contributed by atoms with Crippen LogP contribution < -0.4 is 5.73 Å². The second-order valence-corrected chi connectivity index (χ2v) is 10.7. The lowest BCUT2D eigenvalue weighted by molar-refractivity contribution is -0.151. The highest BCUT2D eigenvalue weighted by Gasteiger charge is 2.55. The Morgan fingerprint density at radius 1 is 1.22 bits per heavy atom. The number of benzene rings is 1. The van der Waals surface area contributed by atoms with Crippen molar-refractivity contribution in [2.75, 3.05) is 7.05 Å². The third-order valence-corrected chi connectivity index (χ3v) is 7.05. The number of nitrogens with one attached hydrogen (secondary N) is 1. The van der Waals surface area contributed by atoms with Crippen molar-refractivity contribution in [3.05, 3.63) is 39.9 Å². The summed E-state index contributed by atoms with van der Waals surface area (Å²) < 4.78 is 0.222. The van der Waals surface area contributed by atoms with Crippen LogP contribution in [0.5, 0.6) is 5.75 Å². The van der Waals surface area contributed by atoms with Gasteiger partial charge in [0.15, 0.2) is 23.4 Å². The molecular formula is C27H38BrN3O6. The molecule has 9 nitrogen and oxygen atoms in total. The number of carbonyl (C=O) groups is 4. The first-order valence-electron chi connectivity index (χ1n) is 12.1. The second-order valence-electron chi connectivity index (χ2n) is 9.86. The summed E-state index contributed by atoms with van der Waals surface area (Å²) in [6, 6.07) is 3.01. The van der Waals surface area contributed by atoms with E-state index in [9.17, 15) is 29.4 Å². The van der Waals surface area contributed by atoms with Gasteiger partial charge in [0.2, 0.25) is 0 Å². The summed E-state index contributed by atoms with van der Waals surface area (Å²) in [5.74, 6) is -4.66. The predicted octanol–water partition coefficient (Wildman–Crippen LogP) is 3.15. The first kappa shape index (κ1) is 32.3. The van der Waals surface area contributed by atoms with E-state index in [2.05, 4.69) is 15.9 Å². The molecule has 0 saturated carbocycles. The molecule has 0 aliphatic heterocycles. The molecule has 0 aliphatic rings. The third-order valence-electron chi connectivity index (χ3n) is 6.42. The van der Waals surface area contributed by atoms with Gasteiger partial charge in [-0.25, -0.2) is 0 Å². The van der Waals surface area contributed by atoms with E-state index in [0.717, 1.165) is 10.5 Å². The summed E-state index contributed by atoms with van der Waals surface area (Å²) >= 11 is 3.20. The molecule has 1 unspecified atom stereocenters. The average Bonchev–Trinajstić information content (AvgIpc) is 2.81. The maximum Gasteiger partial charge on any atom is 0.265 e. The van der Waals surface area contributed by atoms with E-state index in [-0.39, 0.29) is 34.4 Å². The fraction of sp³-hybridized carbons (Fsp3) is 0.519. The van der Waals surface area contributed by atoms with E-state index in [1.165, 1.54) is 32.2 Å². The van der Waals surface area contributed by atoms with Gasteiger partial charge < -0.3 is 31.1 Å². The molecule has 0 fully saturated rings. The quantitative estimate of drug-likeness (QED) is 0.114. The smallest absolute Gasteiger partial charge is 0.265 e. The number of halogens is 1. The van der Waals surface area contributed by atoms with Crippen molar-refractivity contribution in [1.29, 1.82) is 5.41 Å². The zero-order valence-electron chi connectivity index (χ0n) is 22.2. The number of likely N-dealkylation sites (N-methyl/N-ethyl adjacent to an activating group) is 1. The van der Waals surface area contributed by atoms with Crippen molar-refractivity contribution in [3.8, 4) is 5.75 Å². The number of carbonyl (C=O) groups excluding carboxylic acids is 4. The molecule has 37 heavy (non-hydrogen) atoms. The molecule has 0 aliphatic carbocycles. The number of aldehydes is 1. The van der Waals surface area contributed by atoms with Crippen LogP contribution in [0.2, 0.25) is 0 Å². The van der Waals surface area contributed by atoms with Crippen molar-refractivity contribution >= 4 is 45.9 Å². The second kappa shape index (κ2) is 13.7. The SMILES string of the molecule is CC(=C[C@H](C)C[C@H](C)O)C[C@H](C)C(=O)[C@](C=O)(C(C(=O)[C@H](C)N)c1ccc(O)c(Br)c1)N(C)C(=O)C=N. The number of amides is 1. The zero-order chi connectivity index (χ0) is 28.7. The summed E-state index contributed by atoms with van der Waals surface area (Å²) in [6.07, 6.45) is 2.98. The molecular weight excluding hydrogens is 542 g/mol. The van der Waals surface area contributed by atoms with Gasteiger partial charge in [-0.1, -0.05) is 31.6 Å². The monoisotopic (exact) mass is 579 g/mol. The fourth-order valence-corrected chi connectivity index (χ4v) is 5.11. The molecule has 5 N–H and O–H groups in total. The number of Topliss-reactive ketones (excluding diaryl/α,β-unsaturated/α-hetero) is 2. The largest absolute Gasteiger partial charge is 0.507 e. The summed E-state index contributed by atoms with van der Waals surface area (Å²) in [5.41, 5.74) is 4.67. The van der Waals surface area contributed by atoms with E-state index in [1.807, 2.05) is 19.9 Å². The number of hydrogen-bond donors (Lipinski definition) is 4. The molecule has 1 aromatic carbocycles. The third kappa shape index (κ3) is 7.66. The van der Waals surface area contributed by atoms with Crippen LogP contribution in [-0.2, 0) is 19.2 Å². The van der Waals surface area contributed by atoms with Crippen LogP contribution in [0.25, 0.3) is 0 Å². The van der Waals surface area contributed by atoms with Crippen LogP contribution in [0.1, 0.15) is 58.9 Å². The topological polar surface area (TPSA) is 162 Å². The number of phenols is 1. The molecule has 204 valence electrons. The van der Waals surface area contributed by atoms with Crippen molar-refractivity contribution < 1.29 is 29.4 Å². The molecule has 6 atom stereocenters. The molecule has 0 heterocycles. The Balaban J connectivity index is 3.78. The fourth-order valence-electron chi connectivity index (χ4n) is 4.72. The van der Waals surface area contributed by atoms with Crippen molar-refractivity contribution in [2.24, 2.45) is 17.6 Å². The number of allylic oxidation sites excluding steroid dienone is 2. The minimum absolute atomic E-state index is 0.0436. The minimum Gasteiger partial charge on any atom is -0.507 e. The van der Waals surface area contributed by atoms with E-state index < -0.39 is 47.0 Å². The maximum atomic E-state index is 14.1. The lowest BCUT2D eigenvalue weighted by Crippen LogP contribution is -2.64. The Morgan fingerprint density at radius 2 is 1.81 bits per heavy atom. The number of nitrogens with zero attached hydrogens (tertiary/aromatic N) is 1. The number of aliphatic hydroxyl groups is 1. The average molecular weight is 581 g/mol. The van der Waals surface area contributed by atoms with Crippen LogP contribution in [0.3, 0.4) is 0 Å². The van der Waals surface area contributed by atoms with E-state index in [0.29, 0.717) is 12.6 Å². The molecule has 0 radical (unpaired) electrons. The van der Waals surface area contributed by atoms with Crippen molar-refractivity contribution in [3.63, 3.8) is 0 Å². The number of aliphatic hydroxyl groups excluding tert-OH is 1. The number of rotatable bonds is 14. The summed E-state index contributed by atoms with van der Waals surface area (Å²) in [5, 5.41) is 27.1. The Hall–Kier alpha value is -2.69. The van der Waals surface area contributed by atoms with Gasteiger partial charge in [-0.05, 0) is 73.2 Å². The molecule has 0 bridgehead atoms. The zero-order valence-corrected chi connectivity index (χ0v) is 23.8. The van der Waals surface area contributed by atoms with Crippen LogP contribution in [0, 0.1) is 17.2 Å². The van der Waals surface area contributed by atoms with Crippen LogP contribution >= 0.6 is 15.9 Å². The van der Waals surface area contributed by atoms with Gasteiger partial charge in [0.25, 0.3) is 5.91 Å². The molecule has 1 rings (SSSR count). The molecule has 0 saturated heterocycles. The normalized spacial score (nSPS) is 17.5. The van der Waals surface area contributed by atoms with Gasteiger partial charge in [0, 0.05) is 13.0 Å². The highest BCUT2D eigenvalue weighted by molar-refractivity contribution is 9.10. The van der Waals surface area contributed by atoms with E-state index in [4.69, 9.17) is 11.1 Å². The number of aromatic hydroxyl groups is 1. The molecule has 0 aromatic heterocycles. The Bertz CT molecular complexity index is 1050. The predicted molar refractivity (Wildman–Crippen MR) is 146 cm³/mol. The standard InChI is InChI=1S/C27H38BrN3O6/c1-15(9-16(2)11-18(4)33)10-17(3)26(37)27(14-32,31(6)23(35)13-29)24(25(36)19(5)30)20-7-8-22(34)21(28)12-20/h7-9,12-14,16-19,24,29,33-34H,10-11,30H2,1-6H3/t16-,17-,18-,19-,24?,27-/m0/s1. The van der Waals surface area contributed by atoms with Crippen molar-refractivity contribution in [1.82, 2.24) is 4.90 Å². The molecule has 0 spiro atoms. The van der Waals surface area contributed by atoms with Crippen LogP contribution in [0.4, 0.5) is 0 Å². The Morgan fingerprint density at radius 3 is 2.27 bits per heavy atom. The summed E-state index contributed by atoms with van der Waals surface area (Å²) in [4.78, 5) is 54.1. The number of ketones is 2. The van der Waals surface area contributed by atoms with Crippen LogP contribution in [-0.4, -0.2) is 69.8 Å². The highest BCUT2D eigenvalue weighted by atomic mass is 79.9. The first-order chi connectivity index (χ1) is 17.1. The minimum atomic E-state index is -2.30. The summed E-state index contributed by atoms with van der Waals surface area (Å²) in [7, 11) is 1.21. The molecule has 1 aromatic rings. The number of nitrogens with two attached hydrogens (primary N) is 1. The van der Waals surface area contributed by atoms with Gasteiger partial charge in [0.05, 0.1) is 28.8 Å². The highest BCUT2D eigenvalue weighted by Crippen LogP contribution is 2.39. The van der Waals surface area contributed by atoms with E-state index in [1.54, 1.807) is 13.8 Å². The van der Waals surface area contributed by atoms with Gasteiger partial charge in [-0.2, -0.15) is 0 Å². The van der Waals surface area contributed by atoms with Gasteiger partial charge in [-0.15, -0.1) is 0 Å². The molecule has 10 heteroatoms. The molecule has 1 amide bonds. The lowest BCUT2D eigenvalue weighted by atomic mass is 9.69. The van der Waals surface area contributed by atoms with Gasteiger partial charge in [0.1, 0.15) is 5.75 Å². The van der Waals surface area contributed by atoms with Gasteiger partial charge in [-0.3, -0.25) is 14.4 Å². The van der Waals surface area contributed by atoms with Gasteiger partial charge >= 0.3 is 0 Å². The lowest BCUT2D eigenvalue weighted by Gasteiger charge is -2.43. The number of hydrogen-bond acceptors (Lipinski definition) is 8. The first-order valence-corrected chi connectivity index (χ1v) is 12.8. The Labute approximate surface area is 226 Å². The Kier molecular flexibility index (Phi) is 12.0. The number of phenolic OH excluding ortho intramolecular Hbond substituents is 1. The summed E-state index contributed by atoms with van der Waals surface area (Å²) in [6.45, 7) is 8.49. The van der Waals surface area contributed by atoms with E-state index >= 15 is 0 Å².